The lowest BCUT2D eigenvalue weighted by Crippen LogP contribution is -2.39. The van der Waals surface area contributed by atoms with E-state index < -0.39 is 0 Å². The van der Waals surface area contributed by atoms with E-state index in [0.717, 1.165) is 38.2 Å². The molecule has 0 aromatic heterocycles. The number of aliphatic imine (C=N–C) groups is 1. The maximum absolute atomic E-state index is 5.45. The molecular weight excluding hydrogens is 310 g/mol. The van der Waals surface area contributed by atoms with Crippen molar-refractivity contribution in [2.75, 3.05) is 33.9 Å². The molecule has 134 valence electrons. The molecule has 3 rings (SSSR count). The summed E-state index contributed by atoms with van der Waals surface area (Å²) in [5, 5.41) is 6.10. The zero-order chi connectivity index (χ0) is 17.5. The minimum atomic E-state index is 0.785. The highest BCUT2D eigenvalue weighted by Crippen LogP contribution is 2.19. The molecule has 0 atom stereocenters. The largest absolute Gasteiger partial charge is 0.381 e. The molecule has 0 spiro atoms. The van der Waals surface area contributed by atoms with Crippen molar-refractivity contribution < 1.29 is 4.74 Å². The van der Waals surface area contributed by atoms with Crippen LogP contribution in [0.1, 0.15) is 24.8 Å². The van der Waals surface area contributed by atoms with Crippen LogP contribution in [0.3, 0.4) is 0 Å². The normalized spacial score (nSPS) is 16.2. The van der Waals surface area contributed by atoms with Crippen molar-refractivity contribution in [2.45, 2.75) is 25.8 Å². The first kappa shape index (κ1) is 17.7. The predicted molar refractivity (Wildman–Crippen MR) is 105 cm³/mol. The average molecular weight is 339 g/mol. The highest BCUT2D eigenvalue weighted by atomic mass is 16.5. The van der Waals surface area contributed by atoms with E-state index in [2.05, 4.69) is 64.7 Å². The Kier molecular flexibility index (Phi) is 6.29. The number of fused-ring (bicyclic) bond motifs is 1. The molecule has 0 bridgehead atoms. The monoisotopic (exact) mass is 339 g/mol. The van der Waals surface area contributed by atoms with Gasteiger partial charge in [0.1, 0.15) is 0 Å². The fourth-order valence-corrected chi connectivity index (χ4v) is 3.52. The van der Waals surface area contributed by atoms with Gasteiger partial charge in [0, 0.05) is 40.4 Å². The first-order valence-electron chi connectivity index (χ1n) is 9.24. The van der Waals surface area contributed by atoms with E-state index in [0.29, 0.717) is 0 Å². The number of rotatable bonds is 5. The number of nitrogens with zero attached hydrogens (tertiary/aromatic N) is 2. The van der Waals surface area contributed by atoms with Crippen LogP contribution in [0.25, 0.3) is 10.8 Å². The van der Waals surface area contributed by atoms with Gasteiger partial charge in [0.15, 0.2) is 5.96 Å². The zero-order valence-electron chi connectivity index (χ0n) is 15.4. The predicted octanol–water partition coefficient (Wildman–Crippen LogP) is 3.66. The SMILES string of the molecule is CN=C(NCc1cccc2ccccc12)N(C)CCC1CCOCC1. The van der Waals surface area contributed by atoms with Crippen LogP contribution < -0.4 is 5.32 Å². The van der Waals surface area contributed by atoms with Crippen LogP contribution >= 0.6 is 0 Å². The second kappa shape index (κ2) is 8.86. The molecule has 25 heavy (non-hydrogen) atoms. The summed E-state index contributed by atoms with van der Waals surface area (Å²) in [5.41, 5.74) is 1.30. The fourth-order valence-electron chi connectivity index (χ4n) is 3.52. The van der Waals surface area contributed by atoms with E-state index in [1.54, 1.807) is 0 Å². The molecule has 0 unspecified atom stereocenters. The smallest absolute Gasteiger partial charge is 0.193 e. The Morgan fingerprint density at radius 3 is 2.72 bits per heavy atom. The van der Waals surface area contributed by atoms with E-state index >= 15 is 0 Å². The molecule has 1 N–H and O–H groups in total. The van der Waals surface area contributed by atoms with E-state index in [1.807, 2.05) is 7.05 Å². The molecule has 1 heterocycles. The summed E-state index contributed by atoms with van der Waals surface area (Å²) in [5.74, 6) is 1.74. The third-order valence-electron chi connectivity index (χ3n) is 5.10. The number of hydrogen-bond acceptors (Lipinski definition) is 2. The third-order valence-corrected chi connectivity index (χ3v) is 5.10. The van der Waals surface area contributed by atoms with Crippen molar-refractivity contribution in [3.8, 4) is 0 Å². The Morgan fingerprint density at radius 2 is 1.92 bits per heavy atom. The number of ether oxygens (including phenoxy) is 1. The molecule has 0 saturated carbocycles. The van der Waals surface area contributed by atoms with Crippen LogP contribution in [0, 0.1) is 5.92 Å². The van der Waals surface area contributed by atoms with Crippen molar-refractivity contribution in [3.63, 3.8) is 0 Å². The highest BCUT2D eigenvalue weighted by molar-refractivity contribution is 5.86. The summed E-state index contributed by atoms with van der Waals surface area (Å²) in [7, 11) is 3.98. The van der Waals surface area contributed by atoms with Crippen LogP contribution in [0.5, 0.6) is 0 Å². The summed E-state index contributed by atoms with van der Waals surface area (Å²) in [4.78, 5) is 6.69. The van der Waals surface area contributed by atoms with Crippen LogP contribution in [0.15, 0.2) is 47.5 Å². The molecule has 1 aliphatic rings. The van der Waals surface area contributed by atoms with Gasteiger partial charge in [-0.15, -0.1) is 0 Å². The lowest BCUT2D eigenvalue weighted by atomic mass is 9.96. The Hall–Kier alpha value is -2.07. The van der Waals surface area contributed by atoms with E-state index in [-0.39, 0.29) is 0 Å². The molecule has 4 heteroatoms. The quantitative estimate of drug-likeness (QED) is 0.667. The maximum Gasteiger partial charge on any atom is 0.193 e. The maximum atomic E-state index is 5.45. The number of guanidine groups is 1. The van der Waals surface area contributed by atoms with Crippen molar-refractivity contribution >= 4 is 16.7 Å². The molecule has 2 aromatic carbocycles. The first-order chi connectivity index (χ1) is 12.3. The van der Waals surface area contributed by atoms with Crippen LogP contribution in [-0.2, 0) is 11.3 Å². The third kappa shape index (κ3) is 4.73. The second-order valence-electron chi connectivity index (χ2n) is 6.81. The number of nitrogens with one attached hydrogen (secondary N) is 1. The molecule has 0 amide bonds. The van der Waals surface area contributed by atoms with Gasteiger partial charge < -0.3 is 15.0 Å². The standard InChI is InChI=1S/C21H29N3O/c1-22-21(24(2)13-10-17-11-14-25-15-12-17)23-16-19-8-5-7-18-6-3-4-9-20(18)19/h3-9,17H,10-16H2,1-2H3,(H,22,23). The first-order valence-corrected chi connectivity index (χ1v) is 9.24. The Morgan fingerprint density at radius 1 is 1.16 bits per heavy atom. The molecule has 1 aliphatic heterocycles. The van der Waals surface area contributed by atoms with Gasteiger partial charge in [0.05, 0.1) is 0 Å². The minimum Gasteiger partial charge on any atom is -0.381 e. The van der Waals surface area contributed by atoms with Gasteiger partial charge in [-0.1, -0.05) is 42.5 Å². The summed E-state index contributed by atoms with van der Waals surface area (Å²) in [6, 6.07) is 15.0. The molecular formula is C21H29N3O. The molecule has 1 fully saturated rings. The molecule has 0 aliphatic carbocycles. The summed E-state index contributed by atoms with van der Waals surface area (Å²) >= 11 is 0. The van der Waals surface area contributed by atoms with Gasteiger partial charge in [-0.05, 0) is 41.5 Å². The van der Waals surface area contributed by atoms with Crippen molar-refractivity contribution in [2.24, 2.45) is 10.9 Å². The highest BCUT2D eigenvalue weighted by Gasteiger charge is 2.15. The zero-order valence-corrected chi connectivity index (χ0v) is 15.4. The van der Waals surface area contributed by atoms with Crippen molar-refractivity contribution in [3.05, 3.63) is 48.0 Å². The van der Waals surface area contributed by atoms with Gasteiger partial charge >= 0.3 is 0 Å². The molecule has 4 nitrogen and oxygen atoms in total. The van der Waals surface area contributed by atoms with Crippen LogP contribution in [0.2, 0.25) is 0 Å². The van der Waals surface area contributed by atoms with Gasteiger partial charge in [0.25, 0.3) is 0 Å². The number of hydrogen-bond donors (Lipinski definition) is 1. The van der Waals surface area contributed by atoms with Gasteiger partial charge in [-0.2, -0.15) is 0 Å². The van der Waals surface area contributed by atoms with Crippen molar-refractivity contribution in [1.29, 1.82) is 0 Å². The van der Waals surface area contributed by atoms with E-state index in [1.165, 1.54) is 35.6 Å². The molecule has 2 aromatic rings. The van der Waals surface area contributed by atoms with Gasteiger partial charge in [0.2, 0.25) is 0 Å². The number of benzene rings is 2. The van der Waals surface area contributed by atoms with Crippen LogP contribution in [-0.4, -0.2) is 44.7 Å². The van der Waals surface area contributed by atoms with Crippen molar-refractivity contribution in [1.82, 2.24) is 10.2 Å². The van der Waals surface area contributed by atoms with Gasteiger partial charge in [-0.25, -0.2) is 0 Å². The lowest BCUT2D eigenvalue weighted by Gasteiger charge is -2.27. The van der Waals surface area contributed by atoms with E-state index in [4.69, 9.17) is 4.74 Å². The summed E-state index contributed by atoms with van der Waals surface area (Å²) in [6.45, 7) is 3.65. The topological polar surface area (TPSA) is 36.9 Å². The van der Waals surface area contributed by atoms with E-state index in [9.17, 15) is 0 Å². The average Bonchev–Trinajstić information content (AvgIpc) is 2.67. The van der Waals surface area contributed by atoms with Crippen LogP contribution in [0.4, 0.5) is 0 Å². The Bertz CT molecular complexity index is 702. The Balaban J connectivity index is 1.56. The minimum absolute atomic E-state index is 0.785. The molecule has 1 saturated heterocycles. The summed E-state index contributed by atoms with van der Waals surface area (Å²) < 4.78 is 5.45. The Labute approximate surface area is 150 Å². The second-order valence-corrected chi connectivity index (χ2v) is 6.81. The molecule has 0 radical (unpaired) electrons. The summed E-state index contributed by atoms with van der Waals surface area (Å²) in [6.07, 6.45) is 3.58. The van der Waals surface area contributed by atoms with Gasteiger partial charge in [-0.3, -0.25) is 4.99 Å². The fraction of sp³-hybridized carbons (Fsp3) is 0.476. The lowest BCUT2D eigenvalue weighted by molar-refractivity contribution is 0.0625.